The van der Waals surface area contributed by atoms with Crippen LogP contribution >= 0.6 is 11.6 Å². The molecule has 2 aromatic carbocycles. The highest BCUT2D eigenvalue weighted by molar-refractivity contribution is 6.30. The van der Waals surface area contributed by atoms with E-state index in [1.54, 1.807) is 0 Å². The quantitative estimate of drug-likeness (QED) is 0.530. The van der Waals surface area contributed by atoms with E-state index >= 15 is 0 Å². The number of likely N-dealkylation sites (tertiary alicyclic amines) is 1. The van der Waals surface area contributed by atoms with E-state index in [-0.39, 0.29) is 40.9 Å². The summed E-state index contributed by atoms with van der Waals surface area (Å²) in [6.07, 6.45) is -0.174. The van der Waals surface area contributed by atoms with Gasteiger partial charge in [0.05, 0.1) is 5.56 Å². The van der Waals surface area contributed by atoms with Crippen molar-refractivity contribution in [1.82, 2.24) is 10.2 Å². The summed E-state index contributed by atoms with van der Waals surface area (Å²) in [5.74, 6) is 0.544. The molecule has 4 aliphatic rings. The molecule has 35 heavy (non-hydrogen) atoms. The average Bonchev–Trinajstić information content (AvgIpc) is 3.20. The van der Waals surface area contributed by atoms with Gasteiger partial charge in [0.1, 0.15) is 17.6 Å². The van der Waals surface area contributed by atoms with E-state index in [2.05, 4.69) is 10.2 Å². The van der Waals surface area contributed by atoms with Crippen molar-refractivity contribution >= 4 is 17.5 Å². The Bertz CT molecular complexity index is 1090. The van der Waals surface area contributed by atoms with Crippen LogP contribution in [0.1, 0.15) is 36.8 Å². The first kappa shape index (κ1) is 24.3. The van der Waals surface area contributed by atoms with Crippen molar-refractivity contribution in [2.24, 2.45) is 5.41 Å². The number of nitrogens with one attached hydrogen (secondary N) is 1. The van der Waals surface area contributed by atoms with Crippen LogP contribution in [0.2, 0.25) is 5.02 Å². The Hall–Kier alpha value is -2.45. The topological polar surface area (TPSA) is 50.8 Å². The van der Waals surface area contributed by atoms with Crippen molar-refractivity contribution < 1.29 is 27.4 Å². The molecule has 5 nitrogen and oxygen atoms in total. The van der Waals surface area contributed by atoms with Crippen LogP contribution < -0.4 is 14.8 Å². The van der Waals surface area contributed by atoms with Crippen molar-refractivity contribution in [3.8, 4) is 11.5 Å². The molecule has 2 aromatic rings. The number of aryl methyl sites for hydroxylation is 1. The van der Waals surface area contributed by atoms with E-state index in [0.717, 1.165) is 50.6 Å². The summed E-state index contributed by atoms with van der Waals surface area (Å²) in [6, 6.07) is 11.2. The fourth-order valence-electron chi connectivity index (χ4n) is 5.90. The first-order chi connectivity index (χ1) is 16.6. The van der Waals surface area contributed by atoms with Gasteiger partial charge in [-0.25, -0.2) is 0 Å². The largest absolute Gasteiger partial charge is 0.489 e. The van der Waals surface area contributed by atoms with E-state index < -0.39 is 11.7 Å². The number of carbonyl (C=O) groups is 1. The minimum absolute atomic E-state index is 0.0342. The third-order valence-electron chi connectivity index (χ3n) is 7.59. The number of rotatable bonds is 8. The van der Waals surface area contributed by atoms with Gasteiger partial charge < -0.3 is 14.8 Å². The molecule has 1 aliphatic heterocycles. The Labute approximate surface area is 207 Å². The molecule has 0 radical (unpaired) electrons. The fourth-order valence-corrected chi connectivity index (χ4v) is 6.03. The predicted octanol–water partition coefficient (Wildman–Crippen LogP) is 5.24. The Balaban J connectivity index is 1.04. The van der Waals surface area contributed by atoms with Gasteiger partial charge in [-0.05, 0) is 80.0 Å². The van der Waals surface area contributed by atoms with Gasteiger partial charge in [-0.2, -0.15) is 13.2 Å². The number of hydrogen-bond donors (Lipinski definition) is 1. The van der Waals surface area contributed by atoms with Gasteiger partial charge in [0.15, 0.2) is 6.61 Å². The highest BCUT2D eigenvalue weighted by atomic mass is 35.5. The number of alkyl halides is 3. The molecule has 6 rings (SSSR count). The zero-order chi connectivity index (χ0) is 24.8. The standard InChI is InChI=1S/C26H28ClF3N2O3/c1-17-2-5-20(10-22(17)26(28,29)30)34-12-23(33)31-16-24-13-25(14-24,15-24)32-9-8-21(11-32)35-19-6-3-18(27)4-7-19/h2-7,10,21H,8-9,11-16H2,1H3,(H,31,33). The Morgan fingerprint density at radius 2 is 1.83 bits per heavy atom. The Morgan fingerprint density at radius 3 is 2.51 bits per heavy atom. The Kier molecular flexibility index (Phi) is 6.16. The molecule has 1 saturated heterocycles. The van der Waals surface area contributed by atoms with Gasteiger partial charge in [0, 0.05) is 30.2 Å². The summed E-state index contributed by atoms with van der Waals surface area (Å²) in [6.45, 7) is 3.56. The second kappa shape index (κ2) is 8.89. The molecule has 4 fully saturated rings. The SMILES string of the molecule is Cc1ccc(OCC(=O)NCC23CC(N4CCC(Oc5ccc(Cl)cc5)C4)(C2)C3)cc1C(F)(F)F. The third-order valence-corrected chi connectivity index (χ3v) is 7.84. The molecule has 1 heterocycles. The molecular formula is C26H28ClF3N2O3. The van der Waals surface area contributed by atoms with Crippen molar-refractivity contribution in [1.29, 1.82) is 0 Å². The molecule has 1 unspecified atom stereocenters. The second-order valence-corrected chi connectivity index (χ2v) is 10.7. The summed E-state index contributed by atoms with van der Waals surface area (Å²) in [7, 11) is 0. The van der Waals surface area contributed by atoms with Gasteiger partial charge in [0.2, 0.25) is 0 Å². The van der Waals surface area contributed by atoms with Crippen molar-refractivity contribution in [3.63, 3.8) is 0 Å². The molecule has 1 N–H and O–H groups in total. The number of hydrogen-bond acceptors (Lipinski definition) is 4. The first-order valence-corrected chi connectivity index (χ1v) is 12.2. The van der Waals surface area contributed by atoms with Gasteiger partial charge in [-0.3, -0.25) is 9.69 Å². The molecule has 0 spiro atoms. The average molecular weight is 509 g/mol. The summed E-state index contributed by atoms with van der Waals surface area (Å²) in [5.41, 5.74) is -0.294. The minimum atomic E-state index is -4.46. The fraction of sp³-hybridized carbons (Fsp3) is 0.500. The normalized spacial score (nSPS) is 27.6. The number of nitrogens with zero attached hydrogens (tertiary/aromatic N) is 1. The van der Waals surface area contributed by atoms with Crippen molar-refractivity contribution in [2.75, 3.05) is 26.2 Å². The van der Waals surface area contributed by atoms with Crippen molar-refractivity contribution in [2.45, 2.75) is 50.4 Å². The van der Waals surface area contributed by atoms with Crippen LogP contribution in [0.15, 0.2) is 42.5 Å². The molecule has 188 valence electrons. The zero-order valence-corrected chi connectivity index (χ0v) is 20.2. The van der Waals surface area contributed by atoms with Crippen LogP contribution in [-0.2, 0) is 11.0 Å². The van der Waals surface area contributed by atoms with Crippen LogP contribution in [0.3, 0.4) is 0 Å². The van der Waals surface area contributed by atoms with Crippen LogP contribution in [0, 0.1) is 12.3 Å². The maximum atomic E-state index is 13.1. The molecule has 3 saturated carbocycles. The van der Waals surface area contributed by atoms with Crippen LogP contribution in [-0.4, -0.2) is 48.7 Å². The first-order valence-electron chi connectivity index (χ1n) is 11.8. The molecule has 9 heteroatoms. The molecular weight excluding hydrogens is 481 g/mol. The molecule has 3 aliphatic carbocycles. The highest BCUT2D eigenvalue weighted by Gasteiger charge is 2.70. The summed E-state index contributed by atoms with van der Waals surface area (Å²) in [5, 5.41) is 3.59. The van der Waals surface area contributed by atoms with E-state index in [1.807, 2.05) is 24.3 Å². The number of halogens is 4. The van der Waals surface area contributed by atoms with Gasteiger partial charge in [-0.15, -0.1) is 0 Å². The van der Waals surface area contributed by atoms with Crippen LogP contribution in [0.25, 0.3) is 0 Å². The molecule has 2 bridgehead atoms. The lowest BCUT2D eigenvalue weighted by Gasteiger charge is -2.74. The summed E-state index contributed by atoms with van der Waals surface area (Å²) < 4.78 is 50.6. The Morgan fingerprint density at radius 1 is 1.14 bits per heavy atom. The summed E-state index contributed by atoms with van der Waals surface area (Å²) >= 11 is 5.94. The molecule has 1 amide bonds. The van der Waals surface area contributed by atoms with Crippen LogP contribution in [0.4, 0.5) is 13.2 Å². The van der Waals surface area contributed by atoms with Gasteiger partial charge in [-0.1, -0.05) is 17.7 Å². The molecule has 0 aromatic heterocycles. The number of ether oxygens (including phenoxy) is 2. The van der Waals surface area contributed by atoms with E-state index in [4.69, 9.17) is 21.1 Å². The highest BCUT2D eigenvalue weighted by Crippen LogP contribution is 2.69. The lowest BCUT2D eigenvalue weighted by Crippen LogP contribution is -2.76. The number of benzene rings is 2. The lowest BCUT2D eigenvalue weighted by atomic mass is 9.38. The lowest BCUT2D eigenvalue weighted by molar-refractivity contribution is -0.212. The summed E-state index contributed by atoms with van der Waals surface area (Å²) in [4.78, 5) is 14.8. The minimum Gasteiger partial charge on any atom is -0.489 e. The third kappa shape index (κ3) is 4.96. The second-order valence-electron chi connectivity index (χ2n) is 10.2. The number of carbonyl (C=O) groups excluding carboxylic acids is 1. The predicted molar refractivity (Wildman–Crippen MR) is 126 cm³/mol. The van der Waals surface area contributed by atoms with Crippen molar-refractivity contribution in [3.05, 3.63) is 58.6 Å². The number of amides is 1. The smallest absolute Gasteiger partial charge is 0.416 e. The monoisotopic (exact) mass is 508 g/mol. The van der Waals surface area contributed by atoms with Gasteiger partial charge >= 0.3 is 6.18 Å². The van der Waals surface area contributed by atoms with E-state index in [9.17, 15) is 18.0 Å². The molecule has 1 atom stereocenters. The zero-order valence-electron chi connectivity index (χ0n) is 19.5. The van der Waals surface area contributed by atoms with Gasteiger partial charge in [0.25, 0.3) is 5.91 Å². The van der Waals surface area contributed by atoms with E-state index in [1.165, 1.54) is 19.1 Å². The van der Waals surface area contributed by atoms with E-state index in [0.29, 0.717) is 11.6 Å². The maximum Gasteiger partial charge on any atom is 0.416 e. The maximum absolute atomic E-state index is 13.1. The van der Waals surface area contributed by atoms with Crippen LogP contribution in [0.5, 0.6) is 11.5 Å².